The van der Waals surface area contributed by atoms with E-state index in [1.165, 1.54) is 0 Å². The molecule has 1 aliphatic heterocycles. The molecule has 1 fully saturated rings. The fourth-order valence-corrected chi connectivity index (χ4v) is 2.66. The summed E-state index contributed by atoms with van der Waals surface area (Å²) in [4.78, 5) is 0. The van der Waals surface area contributed by atoms with Crippen molar-refractivity contribution in [2.45, 2.75) is 24.6 Å². The van der Waals surface area contributed by atoms with E-state index in [1.807, 2.05) is 0 Å². The second-order valence-electron chi connectivity index (χ2n) is 3.65. The van der Waals surface area contributed by atoms with Crippen molar-refractivity contribution in [1.82, 2.24) is 10.0 Å². The van der Waals surface area contributed by atoms with Crippen molar-refractivity contribution in [2.24, 2.45) is 0 Å². The number of rotatable bonds is 5. The summed E-state index contributed by atoms with van der Waals surface area (Å²) in [5.74, 6) is 0. The minimum atomic E-state index is -3.53. The van der Waals surface area contributed by atoms with E-state index in [1.54, 1.807) is 13.0 Å². The summed E-state index contributed by atoms with van der Waals surface area (Å²) in [5.41, 5.74) is 0. The molecule has 0 bridgehead atoms. The van der Waals surface area contributed by atoms with Crippen LogP contribution >= 0.6 is 0 Å². The lowest BCUT2D eigenvalue weighted by molar-refractivity contribution is 0.0784. The van der Waals surface area contributed by atoms with Gasteiger partial charge in [0.2, 0.25) is 10.0 Å². The molecule has 1 saturated heterocycles. The van der Waals surface area contributed by atoms with Gasteiger partial charge in [0, 0.05) is 19.1 Å². The average molecular weight is 247 g/mol. The highest BCUT2D eigenvalue weighted by molar-refractivity contribution is 7.90. The third-order valence-corrected chi connectivity index (χ3v) is 4.18. The van der Waals surface area contributed by atoms with Crippen LogP contribution in [0.15, 0.2) is 0 Å². The summed E-state index contributed by atoms with van der Waals surface area (Å²) in [6.45, 7) is 3.81. The minimum absolute atomic E-state index is 0.0141. The van der Waals surface area contributed by atoms with E-state index < -0.39 is 15.3 Å². The lowest BCUT2D eigenvalue weighted by atomic mass is 10.3. The Balaban J connectivity index is 2.44. The van der Waals surface area contributed by atoms with Gasteiger partial charge in [-0.3, -0.25) is 0 Å². The molecule has 2 N–H and O–H groups in total. The van der Waals surface area contributed by atoms with E-state index in [0.717, 1.165) is 6.54 Å². The number of hydrogen-bond donors (Lipinski definition) is 2. The molecule has 1 rings (SSSR count). The second kappa shape index (κ2) is 6.15. The van der Waals surface area contributed by atoms with Gasteiger partial charge in [0.15, 0.2) is 5.25 Å². The summed E-state index contributed by atoms with van der Waals surface area (Å²) >= 11 is 0. The van der Waals surface area contributed by atoms with Crippen LogP contribution in [0.3, 0.4) is 0 Å². The molecule has 0 aromatic carbocycles. The van der Waals surface area contributed by atoms with E-state index in [0.29, 0.717) is 19.6 Å². The second-order valence-corrected chi connectivity index (χ2v) is 5.59. The lowest BCUT2D eigenvalue weighted by Crippen LogP contribution is -2.49. The molecule has 0 radical (unpaired) electrons. The van der Waals surface area contributed by atoms with Gasteiger partial charge in [-0.25, -0.2) is 13.1 Å². The van der Waals surface area contributed by atoms with Gasteiger partial charge in [0.25, 0.3) is 0 Å². The van der Waals surface area contributed by atoms with Crippen LogP contribution < -0.4 is 10.0 Å². The molecule has 2 unspecified atom stereocenters. The third kappa shape index (κ3) is 3.72. The Morgan fingerprint density at radius 3 is 2.94 bits per heavy atom. The summed E-state index contributed by atoms with van der Waals surface area (Å²) in [6, 6.07) is 1.76. The van der Waals surface area contributed by atoms with Gasteiger partial charge in [-0.1, -0.05) is 6.92 Å². The molecule has 6 nitrogen and oxygen atoms in total. The highest BCUT2D eigenvalue weighted by Crippen LogP contribution is 2.03. The molecule has 0 amide bonds. The number of nitrogens with zero attached hydrogens (tertiary/aromatic N) is 1. The summed E-state index contributed by atoms with van der Waals surface area (Å²) in [7, 11) is -3.53. The highest BCUT2D eigenvalue weighted by Gasteiger charge is 2.24. The van der Waals surface area contributed by atoms with E-state index in [-0.39, 0.29) is 12.6 Å². The van der Waals surface area contributed by atoms with Crippen LogP contribution in [0.1, 0.15) is 13.3 Å². The summed E-state index contributed by atoms with van der Waals surface area (Å²) in [5, 5.41) is 10.8. The number of sulfonamides is 1. The Bertz CT molecular complexity index is 344. The van der Waals surface area contributed by atoms with E-state index in [4.69, 9.17) is 10.00 Å². The molecule has 0 saturated carbocycles. The van der Waals surface area contributed by atoms with Crippen LogP contribution in [0, 0.1) is 11.3 Å². The normalized spacial score (nSPS) is 23.6. The first-order chi connectivity index (χ1) is 7.60. The number of ether oxygens (including phenoxy) is 1. The molecule has 2 atom stereocenters. The molecule has 1 aliphatic rings. The van der Waals surface area contributed by atoms with Crippen molar-refractivity contribution in [2.75, 3.05) is 26.3 Å². The Hall–Kier alpha value is -0.680. The zero-order valence-corrected chi connectivity index (χ0v) is 10.1. The first-order valence-electron chi connectivity index (χ1n) is 5.29. The van der Waals surface area contributed by atoms with Gasteiger partial charge < -0.3 is 10.1 Å². The maximum atomic E-state index is 11.6. The molecule has 0 spiro atoms. The molecule has 0 aliphatic carbocycles. The molecule has 92 valence electrons. The maximum absolute atomic E-state index is 11.6. The quantitative estimate of drug-likeness (QED) is 0.663. The Labute approximate surface area is 96.0 Å². The van der Waals surface area contributed by atoms with E-state index in [9.17, 15) is 8.42 Å². The number of hydrogen-bond acceptors (Lipinski definition) is 5. The fourth-order valence-electron chi connectivity index (χ4n) is 1.45. The Morgan fingerprint density at radius 2 is 2.44 bits per heavy atom. The largest absolute Gasteiger partial charge is 0.378 e. The fraction of sp³-hybridized carbons (Fsp3) is 0.889. The monoisotopic (exact) mass is 247 g/mol. The number of morpholine rings is 1. The number of nitrogens with one attached hydrogen (secondary N) is 2. The zero-order valence-electron chi connectivity index (χ0n) is 9.27. The van der Waals surface area contributed by atoms with Crippen LogP contribution in [0.25, 0.3) is 0 Å². The number of nitriles is 1. The van der Waals surface area contributed by atoms with Crippen LogP contribution in [0.5, 0.6) is 0 Å². The topological polar surface area (TPSA) is 91.2 Å². The zero-order chi connectivity index (χ0) is 12.0. The standard InChI is InChI=1S/C9H17N3O3S/c1-2-9(5-10)16(13,14)12-6-8-7-15-4-3-11-8/h8-9,11-12H,2-4,6-7H2,1H3. The van der Waals surface area contributed by atoms with Crippen molar-refractivity contribution >= 4 is 10.0 Å². The lowest BCUT2D eigenvalue weighted by Gasteiger charge is -2.24. The van der Waals surface area contributed by atoms with Crippen molar-refractivity contribution in [1.29, 1.82) is 5.26 Å². The van der Waals surface area contributed by atoms with Gasteiger partial charge in [0.1, 0.15) is 0 Å². The average Bonchev–Trinajstić information content (AvgIpc) is 2.29. The van der Waals surface area contributed by atoms with Crippen molar-refractivity contribution in [3.8, 4) is 6.07 Å². The molecule has 0 aromatic heterocycles. The first-order valence-corrected chi connectivity index (χ1v) is 6.84. The Morgan fingerprint density at radius 1 is 1.69 bits per heavy atom. The van der Waals surface area contributed by atoms with Gasteiger partial charge in [-0.15, -0.1) is 0 Å². The predicted octanol–water partition coefficient (Wildman–Crippen LogP) is -0.804. The van der Waals surface area contributed by atoms with E-state index >= 15 is 0 Å². The maximum Gasteiger partial charge on any atom is 0.228 e. The molecule has 1 heterocycles. The SMILES string of the molecule is CCC(C#N)S(=O)(=O)NCC1COCCN1. The molecule has 7 heteroatoms. The summed E-state index contributed by atoms with van der Waals surface area (Å²) < 4.78 is 30.9. The molecular formula is C9H17N3O3S. The van der Waals surface area contributed by atoms with Gasteiger partial charge in [0.05, 0.1) is 19.3 Å². The highest BCUT2D eigenvalue weighted by atomic mass is 32.2. The van der Waals surface area contributed by atoms with Crippen LogP contribution in [0.4, 0.5) is 0 Å². The first kappa shape index (κ1) is 13.4. The minimum Gasteiger partial charge on any atom is -0.378 e. The summed E-state index contributed by atoms with van der Waals surface area (Å²) in [6.07, 6.45) is 0.292. The van der Waals surface area contributed by atoms with Gasteiger partial charge in [-0.2, -0.15) is 5.26 Å². The van der Waals surface area contributed by atoms with Crippen LogP contribution in [0.2, 0.25) is 0 Å². The van der Waals surface area contributed by atoms with Crippen molar-refractivity contribution in [3.05, 3.63) is 0 Å². The molecular weight excluding hydrogens is 230 g/mol. The van der Waals surface area contributed by atoms with Gasteiger partial charge in [-0.05, 0) is 6.42 Å². The van der Waals surface area contributed by atoms with Crippen LogP contribution in [-0.4, -0.2) is 46.0 Å². The van der Waals surface area contributed by atoms with Crippen molar-refractivity contribution in [3.63, 3.8) is 0 Å². The predicted molar refractivity (Wildman–Crippen MR) is 59.2 cm³/mol. The molecule has 0 aromatic rings. The molecule has 16 heavy (non-hydrogen) atoms. The smallest absolute Gasteiger partial charge is 0.228 e. The van der Waals surface area contributed by atoms with Crippen molar-refractivity contribution < 1.29 is 13.2 Å². The van der Waals surface area contributed by atoms with Gasteiger partial charge >= 0.3 is 0 Å². The van der Waals surface area contributed by atoms with Crippen LogP contribution in [-0.2, 0) is 14.8 Å². The van der Waals surface area contributed by atoms with E-state index in [2.05, 4.69) is 10.0 Å². The third-order valence-electron chi connectivity index (χ3n) is 2.42. The Kier molecular flexibility index (Phi) is 5.15.